The maximum Gasteiger partial charge on any atom is 0.417 e. The van der Waals surface area contributed by atoms with E-state index >= 15 is 0 Å². The number of alkyl halides is 3. The maximum absolute atomic E-state index is 12.6. The fourth-order valence-electron chi connectivity index (χ4n) is 2.27. The summed E-state index contributed by atoms with van der Waals surface area (Å²) in [5.74, 6) is 0.985. The lowest BCUT2D eigenvalue weighted by Crippen LogP contribution is -2.15. The molecule has 7 nitrogen and oxygen atoms in total. The van der Waals surface area contributed by atoms with Gasteiger partial charge in [-0.15, -0.1) is 0 Å². The van der Waals surface area contributed by atoms with Crippen LogP contribution in [0, 0.1) is 11.3 Å². The van der Waals surface area contributed by atoms with Crippen LogP contribution in [0.4, 0.5) is 18.9 Å². The van der Waals surface area contributed by atoms with Crippen molar-refractivity contribution in [3.8, 4) is 17.6 Å². The van der Waals surface area contributed by atoms with Gasteiger partial charge in [0.25, 0.3) is 0 Å². The van der Waals surface area contributed by atoms with Gasteiger partial charge in [0.05, 0.1) is 5.56 Å². The van der Waals surface area contributed by atoms with E-state index in [0.717, 1.165) is 6.20 Å². The fourth-order valence-corrected chi connectivity index (χ4v) is 3.27. The average molecular weight is 411 g/mol. The van der Waals surface area contributed by atoms with Crippen molar-refractivity contribution in [2.75, 3.05) is 18.5 Å². The molecule has 1 aliphatic heterocycles. The number of hydrogen-bond donors (Lipinski definition) is 1. The Labute approximate surface area is 157 Å². The molecule has 1 aliphatic rings. The number of halogens is 3. The summed E-state index contributed by atoms with van der Waals surface area (Å²) in [5, 5.41) is 11.2. The molecule has 11 heteroatoms. The number of anilines is 1. The van der Waals surface area contributed by atoms with Gasteiger partial charge in [-0.05, 0) is 24.3 Å². The molecule has 2 heterocycles. The Morgan fingerprint density at radius 1 is 1.18 bits per heavy atom. The lowest BCUT2D eigenvalue weighted by atomic mass is 10.2. The Morgan fingerprint density at radius 3 is 2.50 bits per heavy atom. The van der Waals surface area contributed by atoms with Gasteiger partial charge in [0.1, 0.15) is 19.3 Å². The molecule has 1 N–H and O–H groups in total. The molecule has 1 aromatic heterocycles. The first-order chi connectivity index (χ1) is 13.2. The number of nitriles is 1. The summed E-state index contributed by atoms with van der Waals surface area (Å²) < 4.78 is 73.4. The van der Waals surface area contributed by atoms with Gasteiger partial charge in [-0.1, -0.05) is 0 Å². The van der Waals surface area contributed by atoms with Crippen LogP contribution < -0.4 is 14.8 Å². The lowest BCUT2D eigenvalue weighted by molar-refractivity contribution is -0.137. The highest BCUT2D eigenvalue weighted by molar-refractivity contribution is 7.95. The number of aromatic nitrogens is 1. The zero-order chi connectivity index (χ0) is 20.4. The number of sulfone groups is 1. The summed E-state index contributed by atoms with van der Waals surface area (Å²) in [7, 11) is -4.40. The van der Waals surface area contributed by atoms with E-state index in [1.165, 1.54) is 6.07 Å². The molecule has 1 aromatic carbocycles. The molecule has 0 atom stereocenters. The fraction of sp³-hybridized carbons (Fsp3) is 0.176. The quantitative estimate of drug-likeness (QED) is 0.772. The van der Waals surface area contributed by atoms with Gasteiger partial charge in [0, 0.05) is 24.2 Å². The van der Waals surface area contributed by atoms with E-state index in [1.54, 1.807) is 18.2 Å². The second-order valence-electron chi connectivity index (χ2n) is 5.51. The summed E-state index contributed by atoms with van der Waals surface area (Å²) >= 11 is 0. The van der Waals surface area contributed by atoms with Crippen LogP contribution in [0.15, 0.2) is 52.7 Å². The van der Waals surface area contributed by atoms with Crippen LogP contribution >= 0.6 is 0 Å². The van der Waals surface area contributed by atoms with E-state index in [4.69, 9.17) is 9.47 Å². The highest BCUT2D eigenvalue weighted by atomic mass is 32.2. The number of fused-ring (bicyclic) bond motifs is 1. The van der Waals surface area contributed by atoms with Gasteiger partial charge >= 0.3 is 6.18 Å². The summed E-state index contributed by atoms with van der Waals surface area (Å²) in [5.41, 5.74) is -0.670. The van der Waals surface area contributed by atoms with Crippen molar-refractivity contribution in [2.45, 2.75) is 11.2 Å². The molecule has 28 heavy (non-hydrogen) atoms. The smallest absolute Gasteiger partial charge is 0.417 e. The van der Waals surface area contributed by atoms with Crippen molar-refractivity contribution in [1.82, 2.24) is 4.98 Å². The monoisotopic (exact) mass is 411 g/mol. The molecule has 0 unspecified atom stereocenters. The number of pyridine rings is 1. The van der Waals surface area contributed by atoms with Crippen LogP contribution in [-0.4, -0.2) is 26.6 Å². The predicted molar refractivity (Wildman–Crippen MR) is 91.2 cm³/mol. The van der Waals surface area contributed by atoms with Crippen LogP contribution in [0.3, 0.4) is 0 Å². The molecular weight excluding hydrogens is 399 g/mol. The number of nitrogens with one attached hydrogen (secondary N) is 1. The van der Waals surface area contributed by atoms with Gasteiger partial charge in [0.15, 0.2) is 21.4 Å². The van der Waals surface area contributed by atoms with Crippen LogP contribution in [0.25, 0.3) is 0 Å². The Bertz CT molecular complexity index is 1060. The van der Waals surface area contributed by atoms with Gasteiger partial charge in [-0.25, -0.2) is 13.4 Å². The minimum atomic E-state index is -4.65. The summed E-state index contributed by atoms with van der Waals surface area (Å²) in [4.78, 5) is 2.62. The van der Waals surface area contributed by atoms with E-state index in [2.05, 4.69) is 10.3 Å². The lowest BCUT2D eigenvalue weighted by Gasteiger charge is -2.18. The molecular formula is C17H12F3N3O4S. The molecule has 0 saturated heterocycles. The Morgan fingerprint density at radius 2 is 1.89 bits per heavy atom. The Hall–Kier alpha value is -3.26. The second-order valence-corrected chi connectivity index (χ2v) is 7.37. The van der Waals surface area contributed by atoms with Crippen molar-refractivity contribution in [2.24, 2.45) is 0 Å². The molecule has 0 aliphatic carbocycles. The van der Waals surface area contributed by atoms with Crippen LogP contribution in [0.1, 0.15) is 5.56 Å². The van der Waals surface area contributed by atoms with Crippen molar-refractivity contribution in [3.63, 3.8) is 0 Å². The first kappa shape index (κ1) is 19.5. The van der Waals surface area contributed by atoms with Crippen molar-refractivity contribution in [1.29, 1.82) is 5.26 Å². The third-order valence-electron chi connectivity index (χ3n) is 3.65. The van der Waals surface area contributed by atoms with E-state index in [0.29, 0.717) is 48.7 Å². The number of allylic oxidation sites excluding steroid dienone is 1. The highest BCUT2D eigenvalue weighted by Crippen LogP contribution is 2.33. The summed E-state index contributed by atoms with van der Waals surface area (Å²) in [6.07, 6.45) is -3.32. The van der Waals surface area contributed by atoms with Gasteiger partial charge in [-0.2, -0.15) is 18.4 Å². The van der Waals surface area contributed by atoms with E-state index in [9.17, 15) is 26.9 Å². The SMILES string of the molecule is N#C/C(=C/Nc1ccc2c(c1)OCCO2)S(=O)(=O)c1ccc(C(F)(F)F)cn1. The maximum atomic E-state index is 12.6. The molecule has 0 fully saturated rings. The topological polar surface area (TPSA) is 101 Å². The molecule has 0 saturated carbocycles. The van der Waals surface area contributed by atoms with E-state index in [-0.39, 0.29) is 0 Å². The van der Waals surface area contributed by atoms with Crippen molar-refractivity contribution in [3.05, 3.63) is 53.2 Å². The standard InChI is InChI=1S/C17H12F3N3O4S/c18-17(19,20)11-1-4-16(23-9-11)28(24,25)13(8-21)10-22-12-2-3-14-15(7-12)27-6-5-26-14/h1-4,7,9-10,22H,5-6H2/b13-10-. The minimum Gasteiger partial charge on any atom is -0.486 e. The zero-order valence-electron chi connectivity index (χ0n) is 14.0. The van der Waals surface area contributed by atoms with Crippen LogP contribution in [0.5, 0.6) is 11.5 Å². The number of ether oxygens (including phenoxy) is 2. The Kier molecular flexibility index (Phi) is 5.15. The molecule has 0 radical (unpaired) electrons. The molecule has 0 bridgehead atoms. The molecule has 3 rings (SSSR count). The van der Waals surface area contributed by atoms with E-state index in [1.807, 2.05) is 0 Å². The molecule has 0 spiro atoms. The third kappa shape index (κ3) is 4.01. The first-order valence-electron chi connectivity index (χ1n) is 7.76. The number of benzene rings is 1. The number of rotatable bonds is 4. The van der Waals surface area contributed by atoms with Gasteiger partial charge < -0.3 is 14.8 Å². The van der Waals surface area contributed by atoms with Crippen molar-refractivity contribution < 1.29 is 31.1 Å². The Balaban J connectivity index is 1.84. The molecule has 0 amide bonds. The van der Waals surface area contributed by atoms with E-state index < -0.39 is 31.5 Å². The first-order valence-corrected chi connectivity index (χ1v) is 9.25. The zero-order valence-corrected chi connectivity index (χ0v) is 14.8. The largest absolute Gasteiger partial charge is 0.486 e. The van der Waals surface area contributed by atoms with Gasteiger partial charge in [-0.3, -0.25) is 0 Å². The van der Waals surface area contributed by atoms with Crippen LogP contribution in [-0.2, 0) is 16.0 Å². The normalized spacial score (nSPS) is 14.3. The predicted octanol–water partition coefficient (Wildman–Crippen LogP) is 3.12. The average Bonchev–Trinajstić information content (AvgIpc) is 2.67. The number of nitrogens with zero attached hydrogens (tertiary/aromatic N) is 2. The highest BCUT2D eigenvalue weighted by Gasteiger charge is 2.32. The minimum absolute atomic E-state index is 0.365. The summed E-state index contributed by atoms with van der Waals surface area (Å²) in [6, 6.07) is 7.56. The molecule has 2 aromatic rings. The molecule has 146 valence electrons. The van der Waals surface area contributed by atoms with Gasteiger partial charge in [0.2, 0.25) is 9.84 Å². The summed E-state index contributed by atoms with van der Waals surface area (Å²) in [6.45, 7) is 0.778. The number of hydrogen-bond acceptors (Lipinski definition) is 7. The third-order valence-corrected chi connectivity index (χ3v) is 5.23. The van der Waals surface area contributed by atoms with Crippen molar-refractivity contribution >= 4 is 15.5 Å². The second kappa shape index (κ2) is 7.40. The van der Waals surface area contributed by atoms with Crippen LogP contribution in [0.2, 0.25) is 0 Å².